The van der Waals surface area contributed by atoms with Gasteiger partial charge in [0.2, 0.25) is 0 Å². The normalized spacial score (nSPS) is 7.12. The van der Waals surface area contributed by atoms with Crippen LogP contribution in [0.3, 0.4) is 0 Å². The van der Waals surface area contributed by atoms with Crippen LogP contribution < -0.4 is 0 Å². The predicted molar refractivity (Wildman–Crippen MR) is 37.2 cm³/mol. The van der Waals surface area contributed by atoms with E-state index in [1.807, 2.05) is 0 Å². The number of aliphatic carboxylic acids is 1. The maximum absolute atomic E-state index is 9.51. The van der Waals surface area contributed by atoms with Gasteiger partial charge in [-0.2, -0.15) is 9.90 Å². The topological polar surface area (TPSA) is 68.8 Å². The van der Waals surface area contributed by atoms with E-state index in [0.29, 0.717) is 0 Å². The standard InChI is InChI=1S/C4H6O2.H2O.H3P/c1-2-3-4(5)6;;/h2-3H,1H3,(H,5,6);1H2;1H3. The van der Waals surface area contributed by atoms with Crippen LogP contribution in [0.2, 0.25) is 0 Å². The number of carboxylic acids is 1. The molecule has 0 bridgehead atoms. The van der Waals surface area contributed by atoms with Crippen LogP contribution in [0.25, 0.3) is 0 Å². The summed E-state index contributed by atoms with van der Waals surface area (Å²) in [4.78, 5) is 9.51. The monoisotopic (exact) mass is 138 g/mol. The zero-order valence-electron chi connectivity index (χ0n) is 4.72. The number of hydrogen-bond donors (Lipinski definition) is 1. The minimum absolute atomic E-state index is 0. The molecule has 0 aliphatic carbocycles. The Morgan fingerprint density at radius 2 is 2.00 bits per heavy atom. The molecule has 50 valence electrons. The Balaban J connectivity index is -0.000000125. The second-order valence-corrected chi connectivity index (χ2v) is 0.838. The molecule has 1 unspecified atom stereocenters. The molecule has 0 aliphatic heterocycles. The maximum atomic E-state index is 9.51. The second kappa shape index (κ2) is 9.78. The first-order chi connectivity index (χ1) is 2.77. The minimum Gasteiger partial charge on any atom is -0.478 e. The Morgan fingerprint density at radius 1 is 1.62 bits per heavy atom. The van der Waals surface area contributed by atoms with Crippen LogP contribution in [0.15, 0.2) is 12.2 Å². The van der Waals surface area contributed by atoms with Crippen LogP contribution in [0.1, 0.15) is 6.92 Å². The summed E-state index contributed by atoms with van der Waals surface area (Å²) in [6, 6.07) is 0. The highest BCUT2D eigenvalue weighted by Crippen LogP contribution is 1.65. The van der Waals surface area contributed by atoms with Crippen molar-refractivity contribution in [1.29, 1.82) is 0 Å². The van der Waals surface area contributed by atoms with E-state index in [1.54, 1.807) is 6.92 Å². The first-order valence-electron chi connectivity index (χ1n) is 1.63. The van der Waals surface area contributed by atoms with Crippen molar-refractivity contribution >= 4 is 15.9 Å². The largest absolute Gasteiger partial charge is 0.478 e. The van der Waals surface area contributed by atoms with Crippen LogP contribution in [0.5, 0.6) is 0 Å². The molecule has 4 heteroatoms. The fraction of sp³-hybridized carbons (Fsp3) is 0.250. The molecule has 0 fully saturated rings. The average Bonchev–Trinajstić information content (AvgIpc) is 1.35. The number of carboxylic acid groups (broad SMARTS) is 1. The van der Waals surface area contributed by atoms with E-state index < -0.39 is 5.97 Å². The van der Waals surface area contributed by atoms with Gasteiger partial charge in [-0.25, -0.2) is 4.79 Å². The van der Waals surface area contributed by atoms with Gasteiger partial charge in [0, 0.05) is 6.08 Å². The van der Waals surface area contributed by atoms with Crippen molar-refractivity contribution in [2.75, 3.05) is 0 Å². The third-order valence-corrected chi connectivity index (χ3v) is 0.309. The molecule has 0 spiro atoms. The molecule has 0 amide bonds. The van der Waals surface area contributed by atoms with Crippen molar-refractivity contribution in [2.24, 2.45) is 0 Å². The van der Waals surface area contributed by atoms with E-state index in [4.69, 9.17) is 5.11 Å². The van der Waals surface area contributed by atoms with E-state index in [2.05, 4.69) is 0 Å². The molecule has 3 N–H and O–H groups in total. The van der Waals surface area contributed by atoms with Crippen molar-refractivity contribution in [2.45, 2.75) is 6.92 Å². The smallest absolute Gasteiger partial charge is 0.327 e. The zero-order valence-corrected chi connectivity index (χ0v) is 6.13. The highest BCUT2D eigenvalue weighted by Gasteiger charge is 1.76. The molecular formula is C4H11O3P. The molecule has 0 heterocycles. The molecule has 0 aromatic rings. The molecule has 0 aromatic carbocycles. The molecule has 8 heavy (non-hydrogen) atoms. The van der Waals surface area contributed by atoms with Crippen LogP contribution in [-0.4, -0.2) is 16.6 Å². The number of rotatable bonds is 1. The van der Waals surface area contributed by atoms with Crippen LogP contribution in [0.4, 0.5) is 0 Å². The number of hydrogen-bond acceptors (Lipinski definition) is 1. The van der Waals surface area contributed by atoms with Crippen molar-refractivity contribution in [1.82, 2.24) is 0 Å². The zero-order chi connectivity index (χ0) is 4.99. The molecule has 0 rings (SSSR count). The lowest BCUT2D eigenvalue weighted by molar-refractivity contribution is -0.131. The summed E-state index contributed by atoms with van der Waals surface area (Å²) < 4.78 is 0. The Kier molecular flexibility index (Phi) is 19.1. The third kappa shape index (κ3) is 17.5. The van der Waals surface area contributed by atoms with Gasteiger partial charge >= 0.3 is 5.97 Å². The Labute approximate surface area is 51.3 Å². The highest BCUT2D eigenvalue weighted by molar-refractivity contribution is 6.92. The van der Waals surface area contributed by atoms with E-state index in [9.17, 15) is 4.79 Å². The van der Waals surface area contributed by atoms with Gasteiger partial charge in [-0.1, -0.05) is 6.08 Å². The van der Waals surface area contributed by atoms with Crippen molar-refractivity contribution < 1.29 is 15.4 Å². The van der Waals surface area contributed by atoms with Crippen molar-refractivity contribution in [3.05, 3.63) is 12.2 Å². The van der Waals surface area contributed by atoms with E-state index in [0.717, 1.165) is 6.08 Å². The molecule has 1 atom stereocenters. The third-order valence-electron chi connectivity index (χ3n) is 0.309. The van der Waals surface area contributed by atoms with E-state index in [-0.39, 0.29) is 15.4 Å². The SMILES string of the molecule is CC=CC(=O)O.O.P. The Hall–Kier alpha value is -0.400. The van der Waals surface area contributed by atoms with Gasteiger partial charge in [-0.05, 0) is 6.92 Å². The summed E-state index contributed by atoms with van der Waals surface area (Å²) in [6.45, 7) is 1.66. The van der Waals surface area contributed by atoms with Crippen molar-refractivity contribution in [3.8, 4) is 0 Å². The van der Waals surface area contributed by atoms with Gasteiger partial charge < -0.3 is 10.6 Å². The fourth-order valence-electron chi connectivity index (χ4n) is 0.143. The quantitative estimate of drug-likeness (QED) is 0.405. The van der Waals surface area contributed by atoms with Gasteiger partial charge in [0.25, 0.3) is 0 Å². The highest BCUT2D eigenvalue weighted by atomic mass is 31.0. The van der Waals surface area contributed by atoms with Gasteiger partial charge in [-0.3, -0.25) is 0 Å². The molecule has 0 aliphatic rings. The predicted octanol–water partition coefficient (Wildman–Crippen LogP) is -0.119. The first-order valence-corrected chi connectivity index (χ1v) is 1.63. The molecule has 3 nitrogen and oxygen atoms in total. The summed E-state index contributed by atoms with van der Waals surface area (Å²) in [6.07, 6.45) is 2.56. The van der Waals surface area contributed by atoms with Gasteiger partial charge in [0.15, 0.2) is 0 Å². The minimum atomic E-state index is -0.891. The lowest BCUT2D eigenvalue weighted by Gasteiger charge is -1.68. The summed E-state index contributed by atoms with van der Waals surface area (Å²) in [7, 11) is 0. The Morgan fingerprint density at radius 3 is 2.00 bits per heavy atom. The fourth-order valence-corrected chi connectivity index (χ4v) is 0.143. The van der Waals surface area contributed by atoms with Gasteiger partial charge in [0.05, 0.1) is 0 Å². The summed E-state index contributed by atoms with van der Waals surface area (Å²) in [5.41, 5.74) is 0. The van der Waals surface area contributed by atoms with Crippen LogP contribution in [0, 0.1) is 0 Å². The second-order valence-electron chi connectivity index (χ2n) is 0.838. The Bertz CT molecular complexity index is 79.4. The maximum Gasteiger partial charge on any atom is 0.327 e. The number of allylic oxidation sites excluding steroid dienone is 1. The summed E-state index contributed by atoms with van der Waals surface area (Å²) >= 11 is 0. The lowest BCUT2D eigenvalue weighted by Crippen LogP contribution is -1.83. The first kappa shape index (κ1) is 15.6. The molecule has 0 saturated carbocycles. The van der Waals surface area contributed by atoms with Crippen LogP contribution >= 0.6 is 9.90 Å². The van der Waals surface area contributed by atoms with E-state index >= 15 is 0 Å². The number of carbonyl (C=O) groups is 1. The summed E-state index contributed by atoms with van der Waals surface area (Å²) in [5.74, 6) is -0.891. The van der Waals surface area contributed by atoms with E-state index in [1.165, 1.54) is 6.08 Å². The van der Waals surface area contributed by atoms with Crippen molar-refractivity contribution in [3.63, 3.8) is 0 Å². The summed E-state index contributed by atoms with van der Waals surface area (Å²) in [5, 5.41) is 7.83. The molecular weight excluding hydrogens is 127 g/mol. The molecule has 0 aromatic heterocycles. The average molecular weight is 138 g/mol. The lowest BCUT2D eigenvalue weighted by atomic mass is 10.5. The van der Waals surface area contributed by atoms with Crippen LogP contribution in [-0.2, 0) is 4.79 Å². The molecule has 0 saturated heterocycles. The van der Waals surface area contributed by atoms with Gasteiger partial charge in [0.1, 0.15) is 0 Å². The molecule has 0 radical (unpaired) electrons. The van der Waals surface area contributed by atoms with Gasteiger partial charge in [-0.15, -0.1) is 0 Å².